The van der Waals surface area contributed by atoms with Crippen molar-refractivity contribution in [2.24, 2.45) is 9.98 Å². The first-order valence-corrected chi connectivity index (χ1v) is 16.3. The minimum Gasteiger partial charge on any atom is -0.344 e. The van der Waals surface area contributed by atoms with E-state index >= 15 is 0 Å². The maximum absolute atomic E-state index is 5.02. The maximum atomic E-state index is 5.02. The van der Waals surface area contributed by atoms with Crippen LogP contribution in [0.5, 0.6) is 0 Å². The fourth-order valence-corrected chi connectivity index (χ4v) is 7.67. The number of para-hydroxylation sites is 1. The third kappa shape index (κ3) is 4.52. The predicted molar refractivity (Wildman–Crippen MR) is 193 cm³/mol. The molecule has 1 unspecified atom stereocenters. The van der Waals surface area contributed by atoms with E-state index in [4.69, 9.17) is 9.98 Å². The molecule has 0 fully saturated rings. The Bertz CT molecular complexity index is 2420. The lowest BCUT2D eigenvalue weighted by Gasteiger charge is -2.23. The first-order valence-electron chi connectivity index (χ1n) is 15.5. The highest BCUT2D eigenvalue weighted by molar-refractivity contribution is 7.24. The number of hydrogen-bond acceptors (Lipinski definition) is 4. The number of rotatable bonds is 5. The topological polar surface area (TPSA) is 41.2 Å². The van der Waals surface area contributed by atoms with Gasteiger partial charge in [0, 0.05) is 22.1 Å². The average molecular weight is 609 g/mol. The Balaban J connectivity index is 1.18. The Hall–Kier alpha value is -5.78. The van der Waals surface area contributed by atoms with Gasteiger partial charge in [-0.25, -0.2) is 9.98 Å². The summed E-state index contributed by atoms with van der Waals surface area (Å²) >= 11 is 1.85. The van der Waals surface area contributed by atoms with Gasteiger partial charge in [0.2, 0.25) is 0 Å². The summed E-state index contributed by atoms with van der Waals surface area (Å²) in [7, 11) is 0. The number of amidine groups is 2. The summed E-state index contributed by atoms with van der Waals surface area (Å²) in [5.74, 6) is 1.54. The third-order valence-electron chi connectivity index (χ3n) is 8.68. The second-order valence-corrected chi connectivity index (χ2v) is 12.5. The highest BCUT2D eigenvalue weighted by atomic mass is 32.1. The number of aliphatic imine (C=N–C) groups is 2. The Morgan fingerprint density at radius 2 is 1.17 bits per heavy atom. The van der Waals surface area contributed by atoms with Gasteiger partial charge in [-0.3, -0.25) is 4.40 Å². The largest absolute Gasteiger partial charge is 0.344 e. The second kappa shape index (κ2) is 11.0. The maximum Gasteiger partial charge on any atom is 0.159 e. The van der Waals surface area contributed by atoms with Gasteiger partial charge in [0.15, 0.2) is 5.84 Å². The molecule has 1 N–H and O–H groups in total. The molecule has 2 aromatic heterocycles. The van der Waals surface area contributed by atoms with Crippen LogP contribution in [0.3, 0.4) is 0 Å². The van der Waals surface area contributed by atoms with Crippen molar-refractivity contribution in [3.8, 4) is 22.3 Å². The van der Waals surface area contributed by atoms with E-state index in [1.54, 1.807) is 0 Å². The molecule has 9 rings (SSSR count). The summed E-state index contributed by atoms with van der Waals surface area (Å²) in [6.45, 7) is 0. The van der Waals surface area contributed by atoms with Crippen LogP contribution in [0.25, 0.3) is 48.2 Å². The van der Waals surface area contributed by atoms with E-state index in [9.17, 15) is 0 Å². The zero-order chi connectivity index (χ0) is 30.5. The molecule has 6 aromatic carbocycles. The lowest BCUT2D eigenvalue weighted by Crippen LogP contribution is -2.33. The van der Waals surface area contributed by atoms with E-state index in [-0.39, 0.29) is 6.17 Å². The van der Waals surface area contributed by atoms with Crippen LogP contribution in [0.1, 0.15) is 22.9 Å². The van der Waals surface area contributed by atoms with E-state index in [0.717, 1.165) is 28.4 Å². The normalized spacial score (nSPS) is 14.7. The summed E-state index contributed by atoms with van der Waals surface area (Å²) in [6.07, 6.45) is -0.228. The third-order valence-corrected chi connectivity index (χ3v) is 9.83. The minimum atomic E-state index is -0.228. The van der Waals surface area contributed by atoms with E-state index in [1.165, 1.54) is 48.2 Å². The van der Waals surface area contributed by atoms with Crippen LogP contribution >= 0.6 is 11.3 Å². The molecule has 5 heteroatoms. The minimum absolute atomic E-state index is 0.228. The summed E-state index contributed by atoms with van der Waals surface area (Å²) < 4.78 is 3.71. The van der Waals surface area contributed by atoms with Gasteiger partial charge in [-0.05, 0) is 46.5 Å². The Morgan fingerprint density at radius 1 is 0.543 bits per heavy atom. The lowest BCUT2D eigenvalue weighted by molar-refractivity contribution is 0.674. The Morgan fingerprint density at radius 3 is 1.93 bits per heavy atom. The van der Waals surface area contributed by atoms with Gasteiger partial charge in [0.05, 0.1) is 15.7 Å². The van der Waals surface area contributed by atoms with Crippen LogP contribution in [0.15, 0.2) is 168 Å². The molecule has 0 saturated carbocycles. The zero-order valence-corrected chi connectivity index (χ0v) is 25.7. The summed E-state index contributed by atoms with van der Waals surface area (Å²) in [5, 5.41) is 4.85. The van der Waals surface area contributed by atoms with Crippen LogP contribution < -0.4 is 5.32 Å². The molecule has 0 radical (unpaired) electrons. The molecule has 1 atom stereocenters. The molecule has 0 aliphatic carbocycles. The number of benzene rings is 6. The van der Waals surface area contributed by atoms with Crippen LogP contribution in [0, 0.1) is 0 Å². The van der Waals surface area contributed by atoms with E-state index in [1.807, 2.05) is 35.6 Å². The van der Waals surface area contributed by atoms with Gasteiger partial charge in [-0.1, -0.05) is 133 Å². The van der Waals surface area contributed by atoms with Crippen molar-refractivity contribution in [2.45, 2.75) is 6.17 Å². The first kappa shape index (κ1) is 26.6. The number of nitrogens with zero attached hydrogens (tertiary/aromatic N) is 3. The van der Waals surface area contributed by atoms with Crippen LogP contribution in [0.4, 0.5) is 0 Å². The molecule has 46 heavy (non-hydrogen) atoms. The van der Waals surface area contributed by atoms with Crippen LogP contribution in [-0.4, -0.2) is 16.1 Å². The van der Waals surface area contributed by atoms with Crippen LogP contribution in [0.2, 0.25) is 0 Å². The molecular weight excluding hydrogens is 581 g/mol. The molecule has 1 aliphatic heterocycles. The molecule has 0 saturated heterocycles. The monoisotopic (exact) mass is 608 g/mol. The van der Waals surface area contributed by atoms with Crippen molar-refractivity contribution in [2.75, 3.05) is 0 Å². The Kier molecular flexibility index (Phi) is 6.35. The summed E-state index contributed by atoms with van der Waals surface area (Å²) in [4.78, 5) is 11.3. The Labute approximate surface area is 270 Å². The fraction of sp³-hybridized carbons (Fsp3) is 0.0244. The van der Waals surface area contributed by atoms with Crippen molar-refractivity contribution in [1.82, 2.24) is 9.72 Å². The standard InChI is InChI=1S/C41H28N4S/c1-4-12-27(13-5-1)32-24-25-34-33(26-32)37(41-45(34)35-18-10-11-19-36(35)46-41)28-20-22-31(23-21-28)40-43-38(29-14-6-2-7-15-29)42-39(44-40)30-16-8-3-9-17-30/h1-26,38H,(H,42,43,44). The number of hydrogen-bond donors (Lipinski definition) is 1. The van der Waals surface area contributed by atoms with E-state index < -0.39 is 0 Å². The van der Waals surface area contributed by atoms with Gasteiger partial charge in [-0.2, -0.15) is 0 Å². The lowest BCUT2D eigenvalue weighted by atomic mass is 9.99. The SMILES string of the molecule is c1ccc(C2=NC(c3ccccc3)NC(c3ccc(-c4c5cc(-c6ccccc6)ccc5n5c4sc4ccccc45)cc3)=N2)cc1. The van der Waals surface area contributed by atoms with Crippen molar-refractivity contribution in [3.05, 3.63) is 174 Å². The number of fused-ring (bicyclic) bond motifs is 5. The first-order chi connectivity index (χ1) is 22.8. The van der Waals surface area contributed by atoms with Gasteiger partial charge in [-0.15, -0.1) is 11.3 Å². The molecule has 4 nitrogen and oxygen atoms in total. The highest BCUT2D eigenvalue weighted by Crippen LogP contribution is 2.43. The molecule has 1 aliphatic rings. The molecule has 0 amide bonds. The van der Waals surface area contributed by atoms with Gasteiger partial charge in [0.25, 0.3) is 0 Å². The van der Waals surface area contributed by atoms with Crippen molar-refractivity contribution >= 4 is 49.0 Å². The van der Waals surface area contributed by atoms with E-state index in [2.05, 4.69) is 143 Å². The number of thiazole rings is 1. The molecule has 3 heterocycles. The zero-order valence-electron chi connectivity index (χ0n) is 24.8. The van der Waals surface area contributed by atoms with Gasteiger partial charge >= 0.3 is 0 Å². The fourth-order valence-electron chi connectivity index (χ4n) is 6.44. The molecule has 218 valence electrons. The molecule has 0 bridgehead atoms. The molecule has 0 spiro atoms. The highest BCUT2D eigenvalue weighted by Gasteiger charge is 2.22. The summed E-state index contributed by atoms with van der Waals surface area (Å²) in [5.41, 5.74) is 10.5. The summed E-state index contributed by atoms with van der Waals surface area (Å²) in [6, 6.07) is 55.6. The van der Waals surface area contributed by atoms with Crippen LogP contribution in [-0.2, 0) is 0 Å². The van der Waals surface area contributed by atoms with Crippen molar-refractivity contribution in [3.63, 3.8) is 0 Å². The van der Waals surface area contributed by atoms with Crippen molar-refractivity contribution in [1.29, 1.82) is 0 Å². The predicted octanol–water partition coefficient (Wildman–Crippen LogP) is 10.1. The second-order valence-electron chi connectivity index (χ2n) is 11.5. The number of aromatic nitrogens is 1. The smallest absolute Gasteiger partial charge is 0.159 e. The average Bonchev–Trinajstić information content (AvgIpc) is 3.67. The number of nitrogens with one attached hydrogen (secondary N) is 1. The van der Waals surface area contributed by atoms with Gasteiger partial charge in [0.1, 0.15) is 16.8 Å². The quantitative estimate of drug-likeness (QED) is 0.208. The van der Waals surface area contributed by atoms with Gasteiger partial charge < -0.3 is 5.32 Å². The molecule has 8 aromatic rings. The molecular formula is C41H28N4S. The van der Waals surface area contributed by atoms with Crippen molar-refractivity contribution < 1.29 is 0 Å². The van der Waals surface area contributed by atoms with E-state index in [0.29, 0.717) is 0 Å².